The number of fused-ring (bicyclic) bond motifs is 15. The van der Waals surface area contributed by atoms with Crippen LogP contribution in [0.1, 0.15) is 22.3 Å². The van der Waals surface area contributed by atoms with Gasteiger partial charge in [-0.05, 0) is 85.3 Å². The molecule has 0 amide bonds. The Morgan fingerprint density at radius 2 is 1.10 bits per heavy atom. The van der Waals surface area contributed by atoms with Gasteiger partial charge in [0.1, 0.15) is 11.5 Å². The first-order chi connectivity index (χ1) is 29.3. The third-order valence-electron chi connectivity index (χ3n) is 12.6. The van der Waals surface area contributed by atoms with Crippen LogP contribution in [0.15, 0.2) is 194 Å². The molecule has 4 heteroatoms. The van der Waals surface area contributed by atoms with Gasteiger partial charge in [0, 0.05) is 32.3 Å². The SMILES string of the molecule is c1ccc(-c2cccc3c(-c4nc(-c5ccc6c(c5)C5(c7ccccc7O6)c6ccccc6-c6c5ccc5ccccc65)c5sc6ccccc6c5n4)cccc23)cc1. The van der Waals surface area contributed by atoms with Gasteiger partial charge in [0.25, 0.3) is 0 Å². The van der Waals surface area contributed by atoms with Crippen molar-refractivity contribution in [1.29, 1.82) is 0 Å². The van der Waals surface area contributed by atoms with Crippen LogP contribution >= 0.6 is 11.3 Å². The molecule has 59 heavy (non-hydrogen) atoms. The van der Waals surface area contributed by atoms with E-state index in [4.69, 9.17) is 14.7 Å². The van der Waals surface area contributed by atoms with E-state index in [1.807, 2.05) is 0 Å². The smallest absolute Gasteiger partial charge is 0.161 e. The van der Waals surface area contributed by atoms with Crippen molar-refractivity contribution in [2.45, 2.75) is 5.41 Å². The van der Waals surface area contributed by atoms with Crippen LogP contribution in [0.3, 0.4) is 0 Å². The number of para-hydroxylation sites is 1. The van der Waals surface area contributed by atoms with E-state index in [1.165, 1.54) is 54.2 Å². The fourth-order valence-electron chi connectivity index (χ4n) is 10.1. The first-order valence-corrected chi connectivity index (χ1v) is 20.9. The maximum atomic E-state index is 6.87. The lowest BCUT2D eigenvalue weighted by Crippen LogP contribution is -2.32. The monoisotopic (exact) mass is 768 g/mol. The normalized spacial score (nSPS) is 15.0. The summed E-state index contributed by atoms with van der Waals surface area (Å²) >= 11 is 1.76. The van der Waals surface area contributed by atoms with Crippen molar-refractivity contribution in [3.05, 3.63) is 216 Å². The van der Waals surface area contributed by atoms with E-state index in [1.54, 1.807) is 11.3 Å². The first-order valence-electron chi connectivity index (χ1n) is 20.1. The molecule has 0 saturated carbocycles. The molecule has 274 valence electrons. The molecular formula is C55H32N2OS. The van der Waals surface area contributed by atoms with Gasteiger partial charge in [-0.3, -0.25) is 0 Å². The predicted octanol–water partition coefficient (Wildman–Crippen LogP) is 14.6. The highest BCUT2D eigenvalue weighted by Gasteiger charge is 2.51. The van der Waals surface area contributed by atoms with E-state index >= 15 is 0 Å². The van der Waals surface area contributed by atoms with Crippen LogP contribution in [0.25, 0.3) is 86.7 Å². The van der Waals surface area contributed by atoms with Crippen molar-refractivity contribution >= 4 is 53.2 Å². The number of thiophene rings is 1. The van der Waals surface area contributed by atoms with Gasteiger partial charge >= 0.3 is 0 Å². The van der Waals surface area contributed by atoms with E-state index < -0.39 is 5.41 Å². The minimum Gasteiger partial charge on any atom is -0.457 e. The zero-order chi connectivity index (χ0) is 38.7. The molecule has 1 unspecified atom stereocenters. The molecule has 0 radical (unpaired) electrons. The quantitative estimate of drug-likeness (QED) is 0.180. The van der Waals surface area contributed by atoms with E-state index in [0.717, 1.165) is 60.4 Å². The molecule has 2 aromatic heterocycles. The number of benzene rings is 9. The summed E-state index contributed by atoms with van der Waals surface area (Å²) in [5.41, 5.74) is 13.0. The summed E-state index contributed by atoms with van der Waals surface area (Å²) in [6.45, 7) is 0. The topological polar surface area (TPSA) is 35.0 Å². The molecule has 0 bridgehead atoms. The average Bonchev–Trinajstić information content (AvgIpc) is 3.83. The minimum absolute atomic E-state index is 0.616. The Kier molecular flexibility index (Phi) is 6.81. The second-order valence-electron chi connectivity index (χ2n) is 15.6. The maximum Gasteiger partial charge on any atom is 0.161 e. The van der Waals surface area contributed by atoms with Gasteiger partial charge in [0.05, 0.1) is 21.3 Å². The Labute approximate surface area is 344 Å². The first kappa shape index (κ1) is 32.7. The number of hydrogen-bond donors (Lipinski definition) is 0. The van der Waals surface area contributed by atoms with Crippen molar-refractivity contribution < 1.29 is 4.74 Å². The molecule has 11 aromatic rings. The minimum atomic E-state index is -0.616. The summed E-state index contributed by atoms with van der Waals surface area (Å²) < 4.78 is 9.13. The highest BCUT2D eigenvalue weighted by atomic mass is 32.1. The maximum absolute atomic E-state index is 6.87. The number of aromatic nitrogens is 2. The largest absolute Gasteiger partial charge is 0.457 e. The Balaban J connectivity index is 1.10. The second-order valence-corrected chi connectivity index (χ2v) is 16.6. The third-order valence-corrected chi connectivity index (χ3v) is 13.7. The van der Waals surface area contributed by atoms with Crippen molar-refractivity contribution in [3.63, 3.8) is 0 Å². The second kappa shape index (κ2) is 12.3. The molecule has 1 aliphatic heterocycles. The zero-order valence-electron chi connectivity index (χ0n) is 31.7. The lowest BCUT2D eigenvalue weighted by atomic mass is 9.65. The summed E-state index contributed by atoms with van der Waals surface area (Å²) in [5, 5.41) is 5.93. The van der Waals surface area contributed by atoms with Gasteiger partial charge in [-0.15, -0.1) is 11.3 Å². The van der Waals surface area contributed by atoms with Crippen LogP contribution in [0.5, 0.6) is 11.5 Å². The van der Waals surface area contributed by atoms with E-state index in [0.29, 0.717) is 5.82 Å². The number of ether oxygens (including phenoxy) is 1. The van der Waals surface area contributed by atoms with Crippen molar-refractivity contribution in [2.24, 2.45) is 0 Å². The summed E-state index contributed by atoms with van der Waals surface area (Å²) in [7, 11) is 0. The molecule has 1 atom stereocenters. The standard InChI is InChI=1S/C55H32N2OS/c1-2-14-33(15-3-1)36-20-12-22-39-38(36)21-13-23-40(39)54-56-51(53-52(57-54)42-19-7-11-27-49(42)59-53)35-29-31-48-46(32-35)55(44-25-9-10-26-47(44)58-48)43-24-8-6-18-41(43)50-37-17-5-4-16-34(37)28-30-45(50)55/h1-32H. The lowest BCUT2D eigenvalue weighted by Gasteiger charge is -2.39. The zero-order valence-corrected chi connectivity index (χ0v) is 32.5. The summed E-state index contributed by atoms with van der Waals surface area (Å²) in [6.07, 6.45) is 0. The molecule has 13 rings (SSSR count). The molecule has 0 saturated heterocycles. The molecule has 0 fully saturated rings. The fourth-order valence-corrected chi connectivity index (χ4v) is 11.3. The fraction of sp³-hybridized carbons (Fsp3) is 0.0182. The van der Waals surface area contributed by atoms with Crippen LogP contribution in [0, 0.1) is 0 Å². The van der Waals surface area contributed by atoms with Gasteiger partial charge in [-0.25, -0.2) is 9.97 Å². The van der Waals surface area contributed by atoms with Gasteiger partial charge in [0.2, 0.25) is 0 Å². The van der Waals surface area contributed by atoms with Crippen LogP contribution in [-0.2, 0) is 5.41 Å². The molecule has 2 aliphatic rings. The average molecular weight is 769 g/mol. The molecule has 9 aromatic carbocycles. The molecule has 1 aliphatic carbocycles. The van der Waals surface area contributed by atoms with E-state index in [9.17, 15) is 0 Å². The van der Waals surface area contributed by atoms with Crippen LogP contribution in [0.2, 0.25) is 0 Å². The summed E-state index contributed by atoms with van der Waals surface area (Å²) in [4.78, 5) is 11.0. The van der Waals surface area contributed by atoms with Crippen LogP contribution in [-0.4, -0.2) is 9.97 Å². The van der Waals surface area contributed by atoms with Gasteiger partial charge in [-0.1, -0.05) is 164 Å². The van der Waals surface area contributed by atoms with Gasteiger partial charge in [-0.2, -0.15) is 0 Å². The van der Waals surface area contributed by atoms with Crippen LogP contribution in [0.4, 0.5) is 0 Å². The number of hydrogen-bond acceptors (Lipinski definition) is 4. The molecule has 3 heterocycles. The van der Waals surface area contributed by atoms with Crippen molar-refractivity contribution in [2.75, 3.05) is 0 Å². The number of nitrogens with zero attached hydrogens (tertiary/aromatic N) is 2. The Bertz CT molecular complexity index is 3550. The predicted molar refractivity (Wildman–Crippen MR) is 244 cm³/mol. The highest BCUT2D eigenvalue weighted by molar-refractivity contribution is 7.26. The van der Waals surface area contributed by atoms with Gasteiger partial charge in [0.15, 0.2) is 5.82 Å². The Morgan fingerprint density at radius 3 is 2.00 bits per heavy atom. The Hall–Kier alpha value is -7.40. The van der Waals surface area contributed by atoms with Gasteiger partial charge < -0.3 is 4.74 Å². The van der Waals surface area contributed by atoms with E-state index in [2.05, 4.69) is 194 Å². The number of rotatable bonds is 3. The van der Waals surface area contributed by atoms with E-state index in [-0.39, 0.29) is 0 Å². The molecular weight excluding hydrogens is 737 g/mol. The molecule has 0 N–H and O–H groups in total. The summed E-state index contributed by atoms with van der Waals surface area (Å²) in [6, 6.07) is 69.9. The highest BCUT2D eigenvalue weighted by Crippen LogP contribution is 2.63. The van der Waals surface area contributed by atoms with Crippen molar-refractivity contribution in [3.8, 4) is 56.4 Å². The molecule has 1 spiro atoms. The lowest BCUT2D eigenvalue weighted by molar-refractivity contribution is 0.436. The Morgan fingerprint density at radius 1 is 0.424 bits per heavy atom. The van der Waals surface area contributed by atoms with Crippen molar-refractivity contribution in [1.82, 2.24) is 9.97 Å². The third kappa shape index (κ3) is 4.52. The van der Waals surface area contributed by atoms with Crippen LogP contribution < -0.4 is 4.74 Å². The molecule has 3 nitrogen and oxygen atoms in total. The summed E-state index contributed by atoms with van der Waals surface area (Å²) in [5.74, 6) is 2.45.